The molecule has 3 heterocycles. The molecule has 0 spiro atoms. The van der Waals surface area contributed by atoms with Crippen molar-refractivity contribution in [2.75, 3.05) is 19.7 Å². The molecule has 2 fully saturated rings. The summed E-state index contributed by atoms with van der Waals surface area (Å²) in [4.78, 5) is 7.04. The molecule has 4 nitrogen and oxygen atoms in total. The average Bonchev–Trinajstić information content (AvgIpc) is 2.60. The second kappa shape index (κ2) is 6.10. The Morgan fingerprint density at radius 1 is 1.30 bits per heavy atom. The zero-order valence-electron chi connectivity index (χ0n) is 13.6. The van der Waals surface area contributed by atoms with E-state index >= 15 is 0 Å². The van der Waals surface area contributed by atoms with E-state index in [1.807, 2.05) is 18.3 Å². The van der Waals surface area contributed by atoms with E-state index in [1.165, 1.54) is 25.8 Å². The Labute approximate surface area is 137 Å². The summed E-state index contributed by atoms with van der Waals surface area (Å²) in [6.07, 6.45) is 5.67. The third-order valence-electron chi connectivity index (χ3n) is 5.50. The number of hydrogen-bond acceptors (Lipinski definition) is 4. The van der Waals surface area contributed by atoms with E-state index in [2.05, 4.69) is 22.9 Å². The van der Waals surface area contributed by atoms with Crippen molar-refractivity contribution in [3.05, 3.63) is 36.0 Å². The van der Waals surface area contributed by atoms with Gasteiger partial charge in [-0.2, -0.15) is 0 Å². The topological polar surface area (TPSA) is 45.6 Å². The minimum absolute atomic E-state index is 0.0776. The maximum absolute atomic E-state index is 9.87. The number of aromatic nitrogens is 1. The van der Waals surface area contributed by atoms with E-state index in [0.29, 0.717) is 6.04 Å². The summed E-state index contributed by atoms with van der Waals surface area (Å²) in [6, 6.07) is 7.89. The van der Waals surface area contributed by atoms with Gasteiger partial charge in [0.25, 0.3) is 0 Å². The molecule has 0 radical (unpaired) electrons. The Morgan fingerprint density at radius 2 is 2.22 bits per heavy atom. The number of phenolic OH excluding ortho intramolecular Hbond substituents is 1. The van der Waals surface area contributed by atoms with Crippen molar-refractivity contribution in [3.63, 3.8) is 0 Å². The first-order valence-electron chi connectivity index (χ1n) is 8.69. The fraction of sp³-hybridized carbons (Fsp3) is 0.526. The lowest BCUT2D eigenvalue weighted by molar-refractivity contribution is -0.0941. The SMILES string of the molecule is CCC1CCC2[C@@H](c3ccnc4ccc(O)cc34)OCCN2C1. The van der Waals surface area contributed by atoms with Crippen LogP contribution in [0, 0.1) is 5.92 Å². The van der Waals surface area contributed by atoms with Crippen molar-refractivity contribution in [2.45, 2.75) is 38.3 Å². The van der Waals surface area contributed by atoms with Crippen LogP contribution < -0.4 is 0 Å². The molecular weight excluding hydrogens is 288 g/mol. The summed E-state index contributed by atoms with van der Waals surface area (Å²) in [5.41, 5.74) is 2.08. The van der Waals surface area contributed by atoms with Crippen molar-refractivity contribution < 1.29 is 9.84 Å². The molecule has 2 aliphatic heterocycles. The predicted molar refractivity (Wildman–Crippen MR) is 90.5 cm³/mol. The highest BCUT2D eigenvalue weighted by Gasteiger charge is 2.37. The number of benzene rings is 1. The largest absolute Gasteiger partial charge is 0.508 e. The maximum atomic E-state index is 9.87. The highest BCUT2D eigenvalue weighted by atomic mass is 16.5. The van der Waals surface area contributed by atoms with Crippen LogP contribution >= 0.6 is 0 Å². The number of rotatable bonds is 2. The van der Waals surface area contributed by atoms with Crippen molar-refractivity contribution >= 4 is 10.9 Å². The van der Waals surface area contributed by atoms with Crippen LogP contribution in [0.4, 0.5) is 0 Å². The molecule has 2 saturated heterocycles. The molecule has 4 rings (SSSR count). The summed E-state index contributed by atoms with van der Waals surface area (Å²) in [5, 5.41) is 10.9. The Hall–Kier alpha value is -1.65. The minimum atomic E-state index is 0.0776. The molecule has 1 N–H and O–H groups in total. The van der Waals surface area contributed by atoms with Crippen LogP contribution in [0.1, 0.15) is 37.9 Å². The minimum Gasteiger partial charge on any atom is -0.508 e. The quantitative estimate of drug-likeness (QED) is 0.922. The summed E-state index contributed by atoms with van der Waals surface area (Å²) in [6.45, 7) is 5.30. The van der Waals surface area contributed by atoms with Crippen molar-refractivity contribution in [1.29, 1.82) is 0 Å². The van der Waals surface area contributed by atoms with Crippen molar-refractivity contribution in [1.82, 2.24) is 9.88 Å². The van der Waals surface area contributed by atoms with Gasteiger partial charge in [0.2, 0.25) is 0 Å². The highest BCUT2D eigenvalue weighted by Crippen LogP contribution is 2.39. The zero-order chi connectivity index (χ0) is 15.8. The molecule has 23 heavy (non-hydrogen) atoms. The van der Waals surface area contributed by atoms with E-state index < -0.39 is 0 Å². The summed E-state index contributed by atoms with van der Waals surface area (Å²) < 4.78 is 6.20. The second-order valence-electron chi connectivity index (χ2n) is 6.81. The van der Waals surface area contributed by atoms with Crippen LogP contribution in [0.2, 0.25) is 0 Å². The van der Waals surface area contributed by atoms with Crippen LogP contribution in [0.15, 0.2) is 30.5 Å². The van der Waals surface area contributed by atoms with E-state index in [-0.39, 0.29) is 11.9 Å². The molecule has 1 aromatic carbocycles. The first-order valence-corrected chi connectivity index (χ1v) is 8.69. The summed E-state index contributed by atoms with van der Waals surface area (Å²) >= 11 is 0. The molecule has 0 saturated carbocycles. The third kappa shape index (κ3) is 2.70. The maximum Gasteiger partial charge on any atom is 0.116 e. The number of piperidine rings is 1. The average molecular weight is 312 g/mol. The van der Waals surface area contributed by atoms with Gasteiger partial charge in [0.15, 0.2) is 0 Å². The second-order valence-corrected chi connectivity index (χ2v) is 6.81. The lowest BCUT2D eigenvalue weighted by Gasteiger charge is -2.46. The van der Waals surface area contributed by atoms with Crippen molar-refractivity contribution in [3.8, 4) is 5.75 Å². The Morgan fingerprint density at radius 3 is 3.09 bits per heavy atom. The fourth-order valence-electron chi connectivity index (χ4n) is 4.19. The molecule has 0 bridgehead atoms. The van der Waals surface area contributed by atoms with Gasteiger partial charge in [-0.05, 0) is 48.6 Å². The van der Waals surface area contributed by atoms with Gasteiger partial charge in [-0.3, -0.25) is 9.88 Å². The molecule has 2 unspecified atom stereocenters. The number of hydrogen-bond donors (Lipinski definition) is 1. The Balaban J connectivity index is 1.71. The third-order valence-corrected chi connectivity index (χ3v) is 5.50. The normalized spacial score (nSPS) is 28.7. The van der Waals surface area contributed by atoms with E-state index in [9.17, 15) is 5.11 Å². The number of aromatic hydroxyl groups is 1. The van der Waals surface area contributed by atoms with Gasteiger partial charge >= 0.3 is 0 Å². The molecule has 0 amide bonds. The number of morpholine rings is 1. The summed E-state index contributed by atoms with van der Waals surface area (Å²) in [7, 11) is 0. The van der Waals surface area contributed by atoms with Crippen LogP contribution in [0.3, 0.4) is 0 Å². The summed E-state index contributed by atoms with van der Waals surface area (Å²) in [5.74, 6) is 1.11. The number of pyridine rings is 1. The molecular formula is C19H24N2O2. The molecule has 3 atom stereocenters. The zero-order valence-corrected chi connectivity index (χ0v) is 13.6. The van der Waals surface area contributed by atoms with Crippen LogP contribution in [0.25, 0.3) is 10.9 Å². The number of nitrogens with zero attached hydrogens (tertiary/aromatic N) is 2. The van der Waals surface area contributed by atoms with Gasteiger partial charge in [0.05, 0.1) is 18.2 Å². The number of ether oxygens (including phenoxy) is 1. The molecule has 2 aromatic rings. The monoisotopic (exact) mass is 312 g/mol. The smallest absolute Gasteiger partial charge is 0.116 e. The van der Waals surface area contributed by atoms with Gasteiger partial charge < -0.3 is 9.84 Å². The standard InChI is InChI=1S/C19H24N2O2/c1-2-13-3-6-18-19(23-10-9-21(18)12-13)15-7-8-20-17-5-4-14(22)11-16(15)17/h4-5,7-8,11,13,18-19,22H,2-3,6,9-10,12H2,1H3/t13?,18?,19-/m1/s1. The van der Waals surface area contributed by atoms with Crippen molar-refractivity contribution in [2.24, 2.45) is 5.92 Å². The van der Waals surface area contributed by atoms with E-state index in [4.69, 9.17) is 4.74 Å². The van der Waals surface area contributed by atoms with Crippen LogP contribution in [0.5, 0.6) is 5.75 Å². The predicted octanol–water partition coefficient (Wildman–Crippen LogP) is 3.50. The van der Waals surface area contributed by atoms with Crippen LogP contribution in [-0.4, -0.2) is 40.7 Å². The lowest BCUT2D eigenvalue weighted by atomic mass is 9.85. The molecule has 122 valence electrons. The van der Waals surface area contributed by atoms with E-state index in [1.54, 1.807) is 6.07 Å². The Kier molecular flexibility index (Phi) is 3.95. The van der Waals surface area contributed by atoms with Gasteiger partial charge in [0.1, 0.15) is 5.75 Å². The van der Waals surface area contributed by atoms with E-state index in [0.717, 1.165) is 35.5 Å². The van der Waals surface area contributed by atoms with Gasteiger partial charge in [-0.25, -0.2) is 0 Å². The fourth-order valence-corrected chi connectivity index (χ4v) is 4.19. The molecule has 0 aliphatic carbocycles. The lowest BCUT2D eigenvalue weighted by Crippen LogP contribution is -2.51. The molecule has 4 heteroatoms. The van der Waals surface area contributed by atoms with Gasteiger partial charge in [0, 0.05) is 30.7 Å². The number of fused-ring (bicyclic) bond motifs is 2. The van der Waals surface area contributed by atoms with Gasteiger partial charge in [-0.1, -0.05) is 13.3 Å². The Bertz CT molecular complexity index is 703. The first-order chi connectivity index (χ1) is 11.3. The van der Waals surface area contributed by atoms with Gasteiger partial charge in [-0.15, -0.1) is 0 Å². The molecule has 1 aromatic heterocycles. The highest BCUT2D eigenvalue weighted by molar-refractivity contribution is 5.83. The molecule has 2 aliphatic rings. The number of phenols is 1. The van der Waals surface area contributed by atoms with Crippen LogP contribution in [-0.2, 0) is 4.74 Å². The first kappa shape index (κ1) is 14.9.